The molecule has 0 fully saturated rings. The molecule has 0 aromatic rings. The van der Waals surface area contributed by atoms with E-state index in [-0.39, 0.29) is 19.4 Å². The summed E-state index contributed by atoms with van der Waals surface area (Å²) in [5.41, 5.74) is 5.34. The van der Waals surface area contributed by atoms with Crippen LogP contribution in [0.5, 0.6) is 0 Å². The fourth-order valence-electron chi connectivity index (χ4n) is 7.24. The maximum atomic E-state index is 12.6. The van der Waals surface area contributed by atoms with Crippen molar-refractivity contribution >= 4 is 25.7 Å². The van der Waals surface area contributed by atoms with Crippen LogP contribution in [0.2, 0.25) is 0 Å². The molecule has 4 N–H and O–H groups in total. The lowest BCUT2D eigenvalue weighted by Crippen LogP contribution is -2.34. The Balaban J connectivity index is 4.18. The van der Waals surface area contributed by atoms with Gasteiger partial charge in [-0.05, 0) is 12.8 Å². The minimum absolute atomic E-state index is 0.169. The number of hydrogen-bond acceptors (Lipinski definition) is 9. The SMILES string of the molecule is CCCCCCCCCCCCCCCCCCCCCCCC(=O)OC[C@@H](COP(=O)(O)OC[C@H](N)C(=O)O)OC(=O)CCCCCCCCCCCCCCCC. The van der Waals surface area contributed by atoms with Crippen LogP contribution in [0.15, 0.2) is 0 Å². The summed E-state index contributed by atoms with van der Waals surface area (Å²) in [6.45, 7) is 2.85. The van der Waals surface area contributed by atoms with Crippen LogP contribution in [-0.2, 0) is 37.5 Å². The minimum atomic E-state index is -4.71. The van der Waals surface area contributed by atoms with Crippen LogP contribution in [0.25, 0.3) is 0 Å². The lowest BCUT2D eigenvalue weighted by Gasteiger charge is -2.20. The van der Waals surface area contributed by atoms with Crippen LogP contribution in [0, 0.1) is 0 Å². The van der Waals surface area contributed by atoms with Gasteiger partial charge in [0.05, 0.1) is 13.2 Å². The molecule has 0 aromatic heterocycles. The van der Waals surface area contributed by atoms with Crippen LogP contribution >= 0.6 is 7.82 Å². The summed E-state index contributed by atoms with van der Waals surface area (Å²) < 4.78 is 32.8. The van der Waals surface area contributed by atoms with E-state index >= 15 is 0 Å². The summed E-state index contributed by atoms with van der Waals surface area (Å²) in [7, 11) is -4.71. The van der Waals surface area contributed by atoms with Gasteiger partial charge in [0, 0.05) is 12.8 Å². The molecule has 0 heterocycles. The van der Waals surface area contributed by atoms with E-state index in [0.717, 1.165) is 38.5 Å². The number of carboxylic acid groups (broad SMARTS) is 1. The smallest absolute Gasteiger partial charge is 0.472 e. The van der Waals surface area contributed by atoms with E-state index < -0.39 is 51.1 Å². The second kappa shape index (κ2) is 43.1. The number of phosphoric ester groups is 1. The van der Waals surface area contributed by atoms with Gasteiger partial charge < -0.3 is 25.2 Å². The van der Waals surface area contributed by atoms with Gasteiger partial charge in [0.2, 0.25) is 0 Å². The number of esters is 2. The molecular formula is C47H92NO10P. The Bertz CT molecular complexity index is 1020. The molecule has 3 atom stereocenters. The Morgan fingerprint density at radius 1 is 0.458 bits per heavy atom. The van der Waals surface area contributed by atoms with E-state index in [0.29, 0.717) is 12.8 Å². The van der Waals surface area contributed by atoms with Gasteiger partial charge >= 0.3 is 25.7 Å². The fraction of sp³-hybridized carbons (Fsp3) is 0.936. The number of carbonyl (C=O) groups excluding carboxylic acids is 2. The predicted molar refractivity (Wildman–Crippen MR) is 240 cm³/mol. The lowest BCUT2D eigenvalue weighted by molar-refractivity contribution is -0.161. The molecular weight excluding hydrogens is 769 g/mol. The van der Waals surface area contributed by atoms with Gasteiger partial charge in [-0.2, -0.15) is 0 Å². The molecule has 0 bridgehead atoms. The van der Waals surface area contributed by atoms with Crippen molar-refractivity contribution in [3.8, 4) is 0 Å². The van der Waals surface area contributed by atoms with Crippen molar-refractivity contribution in [2.24, 2.45) is 5.73 Å². The zero-order valence-corrected chi connectivity index (χ0v) is 39.0. The zero-order chi connectivity index (χ0) is 43.5. The van der Waals surface area contributed by atoms with Crippen LogP contribution < -0.4 is 5.73 Å². The summed E-state index contributed by atoms with van der Waals surface area (Å²) >= 11 is 0. The molecule has 350 valence electrons. The predicted octanol–water partition coefficient (Wildman–Crippen LogP) is 13.5. The number of hydrogen-bond donors (Lipinski definition) is 3. The number of carboxylic acids is 1. The molecule has 11 nitrogen and oxygen atoms in total. The summed E-state index contributed by atoms with van der Waals surface area (Å²) in [6, 6.07) is -1.52. The Hall–Kier alpha value is -1.52. The van der Waals surface area contributed by atoms with Gasteiger partial charge in [0.25, 0.3) is 0 Å². The maximum absolute atomic E-state index is 12.6. The molecule has 59 heavy (non-hydrogen) atoms. The number of aliphatic carboxylic acids is 1. The highest BCUT2D eigenvalue weighted by molar-refractivity contribution is 7.47. The first-order valence-corrected chi connectivity index (χ1v) is 26.1. The van der Waals surface area contributed by atoms with E-state index in [1.807, 2.05) is 0 Å². The van der Waals surface area contributed by atoms with Gasteiger partial charge in [-0.25, -0.2) is 4.57 Å². The molecule has 0 aromatic carbocycles. The number of phosphoric acid groups is 1. The van der Waals surface area contributed by atoms with E-state index in [1.165, 1.54) is 173 Å². The van der Waals surface area contributed by atoms with E-state index in [1.54, 1.807) is 0 Å². The Labute approximate surface area is 361 Å². The van der Waals surface area contributed by atoms with Crippen molar-refractivity contribution in [3.05, 3.63) is 0 Å². The number of carbonyl (C=O) groups is 3. The van der Waals surface area contributed by atoms with Crippen LogP contribution in [0.1, 0.15) is 251 Å². The van der Waals surface area contributed by atoms with Gasteiger partial charge in [-0.15, -0.1) is 0 Å². The van der Waals surface area contributed by atoms with Crippen molar-refractivity contribution in [2.45, 2.75) is 264 Å². The van der Waals surface area contributed by atoms with Crippen molar-refractivity contribution in [1.82, 2.24) is 0 Å². The molecule has 0 rings (SSSR count). The highest BCUT2D eigenvalue weighted by Gasteiger charge is 2.28. The highest BCUT2D eigenvalue weighted by Crippen LogP contribution is 2.43. The average molecular weight is 862 g/mol. The summed E-state index contributed by atoms with van der Waals surface area (Å²) in [4.78, 5) is 46.1. The Morgan fingerprint density at radius 3 is 1.07 bits per heavy atom. The third kappa shape index (κ3) is 42.9. The summed E-state index contributed by atoms with van der Waals surface area (Å²) in [5.74, 6) is -2.35. The molecule has 0 aliphatic carbocycles. The largest absolute Gasteiger partial charge is 0.480 e. The topological polar surface area (TPSA) is 172 Å². The first-order valence-electron chi connectivity index (χ1n) is 24.6. The number of ether oxygens (including phenoxy) is 2. The first kappa shape index (κ1) is 57.5. The molecule has 0 saturated heterocycles. The maximum Gasteiger partial charge on any atom is 0.472 e. The molecule has 0 saturated carbocycles. The molecule has 12 heteroatoms. The lowest BCUT2D eigenvalue weighted by atomic mass is 10.0. The third-order valence-corrected chi connectivity index (χ3v) is 12.1. The van der Waals surface area contributed by atoms with Crippen molar-refractivity contribution in [2.75, 3.05) is 19.8 Å². The first-order chi connectivity index (χ1) is 28.6. The zero-order valence-electron chi connectivity index (χ0n) is 38.1. The molecule has 0 amide bonds. The monoisotopic (exact) mass is 862 g/mol. The van der Waals surface area contributed by atoms with Crippen molar-refractivity contribution in [3.63, 3.8) is 0 Å². The van der Waals surface area contributed by atoms with Crippen LogP contribution in [0.3, 0.4) is 0 Å². The molecule has 0 spiro atoms. The van der Waals surface area contributed by atoms with E-state index in [2.05, 4.69) is 18.4 Å². The van der Waals surface area contributed by atoms with Gasteiger partial charge in [0.1, 0.15) is 12.6 Å². The van der Waals surface area contributed by atoms with E-state index in [9.17, 15) is 23.8 Å². The van der Waals surface area contributed by atoms with Crippen molar-refractivity contribution < 1.29 is 47.5 Å². The second-order valence-corrected chi connectivity index (χ2v) is 18.4. The standard InChI is InChI=1S/C47H92NO10P/c1-3-5-7-9-11-13-15-17-19-20-21-22-23-24-25-27-28-30-32-34-36-38-45(49)55-40-43(41-56-59(53,54)57-42-44(48)47(51)52)58-46(50)39-37-35-33-31-29-26-18-16-14-12-10-8-6-4-2/h43-44H,3-42,48H2,1-2H3,(H,51,52)(H,53,54)/t43-,44-/m0/s1. The third-order valence-electron chi connectivity index (χ3n) is 11.1. The molecule has 0 radical (unpaired) electrons. The van der Waals surface area contributed by atoms with Crippen LogP contribution in [-0.4, -0.2) is 59.9 Å². The molecule has 1 unspecified atom stereocenters. The van der Waals surface area contributed by atoms with E-state index in [4.69, 9.17) is 24.8 Å². The van der Waals surface area contributed by atoms with Gasteiger partial charge in [0.15, 0.2) is 6.10 Å². The quantitative estimate of drug-likeness (QED) is 0.0302. The Morgan fingerprint density at radius 2 is 0.746 bits per heavy atom. The van der Waals surface area contributed by atoms with Crippen molar-refractivity contribution in [1.29, 1.82) is 0 Å². The summed E-state index contributed by atoms with van der Waals surface area (Å²) in [5, 5.41) is 8.90. The fourth-order valence-corrected chi connectivity index (χ4v) is 8.02. The Kier molecular flexibility index (Phi) is 42.0. The highest BCUT2D eigenvalue weighted by atomic mass is 31.2. The molecule has 0 aliphatic heterocycles. The van der Waals surface area contributed by atoms with Gasteiger partial charge in [-0.1, -0.05) is 226 Å². The minimum Gasteiger partial charge on any atom is -0.480 e. The summed E-state index contributed by atoms with van der Waals surface area (Å²) in [6.07, 6.45) is 43.1. The second-order valence-electron chi connectivity index (χ2n) is 17.0. The normalized spacial score (nSPS) is 13.6. The number of nitrogens with two attached hydrogens (primary N) is 1. The molecule has 0 aliphatic rings. The number of rotatable bonds is 47. The van der Waals surface area contributed by atoms with Crippen LogP contribution in [0.4, 0.5) is 0 Å². The average Bonchev–Trinajstić information content (AvgIpc) is 3.21. The van der Waals surface area contributed by atoms with Gasteiger partial charge in [-0.3, -0.25) is 23.4 Å². The number of unbranched alkanes of at least 4 members (excludes halogenated alkanes) is 33.